The molecular formula is C14H14ClN5OS. The number of ketones is 1. The molecule has 2 heterocycles. The molecule has 0 amide bonds. The third-order valence-corrected chi connectivity index (χ3v) is 5.29. The number of aromatic nitrogens is 3. The van der Waals surface area contributed by atoms with Crippen molar-refractivity contribution < 1.29 is 4.79 Å². The fraction of sp³-hybridized carbons (Fsp3) is 0.214. The zero-order valence-corrected chi connectivity index (χ0v) is 13.6. The number of Topliss-reactive ketones (excluding diaryl/α,β-unsaturated/α-hetero) is 1. The van der Waals surface area contributed by atoms with Crippen LogP contribution in [0.15, 0.2) is 35.8 Å². The van der Waals surface area contributed by atoms with E-state index in [0.717, 1.165) is 10.6 Å². The average Bonchev–Trinajstić information content (AvgIpc) is 3.04. The van der Waals surface area contributed by atoms with Crippen LogP contribution in [0.1, 0.15) is 6.92 Å². The van der Waals surface area contributed by atoms with E-state index < -0.39 is 6.17 Å². The molecule has 1 aromatic heterocycles. The molecule has 22 heavy (non-hydrogen) atoms. The molecule has 1 N–H and O–H groups in total. The van der Waals surface area contributed by atoms with Gasteiger partial charge in [0.25, 0.3) is 0 Å². The topological polar surface area (TPSA) is 72.2 Å². The molecule has 2 unspecified atom stereocenters. The van der Waals surface area contributed by atoms with Gasteiger partial charge in [0.05, 0.1) is 21.9 Å². The standard InChI is InChI=1S/C14H14ClN5OS/c1-9-13(21)14(17-8-22(9)2)19-12-4-3-10(5-11(12)15)20-7-16-6-18-20/h3-8,14,19H,1-2H3. The Bertz CT molecular complexity index is 785. The molecule has 0 spiro atoms. The lowest BCUT2D eigenvalue weighted by atomic mass is 10.2. The molecule has 8 heteroatoms. The molecule has 0 radical (unpaired) electrons. The molecule has 1 aliphatic heterocycles. The van der Waals surface area contributed by atoms with Crippen LogP contribution in [-0.2, 0) is 4.79 Å². The summed E-state index contributed by atoms with van der Waals surface area (Å²) in [5.74, 6) is 0.00440. The zero-order chi connectivity index (χ0) is 15.7. The normalized spacial score (nSPS) is 21.2. The van der Waals surface area contributed by atoms with Crippen LogP contribution >= 0.6 is 22.1 Å². The summed E-state index contributed by atoms with van der Waals surface area (Å²) in [5.41, 5.74) is 3.27. The monoisotopic (exact) mass is 335 g/mol. The van der Waals surface area contributed by atoms with E-state index in [4.69, 9.17) is 11.6 Å². The van der Waals surface area contributed by atoms with Gasteiger partial charge in [0.15, 0.2) is 6.17 Å². The molecule has 0 saturated carbocycles. The van der Waals surface area contributed by atoms with Gasteiger partial charge in [-0.3, -0.25) is 9.79 Å². The van der Waals surface area contributed by atoms with E-state index in [1.54, 1.807) is 23.1 Å². The van der Waals surface area contributed by atoms with Crippen molar-refractivity contribution in [3.63, 3.8) is 0 Å². The molecule has 0 aliphatic carbocycles. The van der Waals surface area contributed by atoms with E-state index in [1.165, 1.54) is 6.33 Å². The second-order valence-corrected chi connectivity index (χ2v) is 7.13. The molecule has 1 aromatic carbocycles. The van der Waals surface area contributed by atoms with Gasteiger partial charge < -0.3 is 5.32 Å². The molecule has 1 aliphatic rings. The predicted molar refractivity (Wildman–Crippen MR) is 91.5 cm³/mol. The van der Waals surface area contributed by atoms with Crippen LogP contribution in [0.4, 0.5) is 5.69 Å². The van der Waals surface area contributed by atoms with Crippen LogP contribution in [0.3, 0.4) is 0 Å². The SMILES string of the molecule is CC1=S(C)C=NC(Nc2ccc(-n3cncn3)cc2Cl)C1=O. The van der Waals surface area contributed by atoms with E-state index in [1.807, 2.05) is 24.8 Å². The molecule has 0 bridgehead atoms. The number of hydrogen-bond donors (Lipinski definition) is 1. The van der Waals surface area contributed by atoms with Crippen molar-refractivity contribution in [3.05, 3.63) is 35.9 Å². The summed E-state index contributed by atoms with van der Waals surface area (Å²) in [5, 5.41) is 7.63. The van der Waals surface area contributed by atoms with Gasteiger partial charge in [-0.2, -0.15) is 5.10 Å². The first-order valence-electron chi connectivity index (χ1n) is 6.53. The van der Waals surface area contributed by atoms with Crippen molar-refractivity contribution >= 4 is 44.0 Å². The number of benzene rings is 1. The molecule has 0 fully saturated rings. The molecule has 6 nitrogen and oxygen atoms in total. The summed E-state index contributed by atoms with van der Waals surface area (Å²) in [7, 11) is -0.189. The lowest BCUT2D eigenvalue weighted by molar-refractivity contribution is -0.113. The van der Waals surface area contributed by atoms with E-state index in [2.05, 4.69) is 20.4 Å². The largest absolute Gasteiger partial charge is 0.356 e. The first kappa shape index (κ1) is 14.9. The Hall–Kier alpha value is -1.99. The van der Waals surface area contributed by atoms with Crippen LogP contribution in [0.25, 0.3) is 5.69 Å². The maximum Gasteiger partial charge on any atom is 0.208 e. The van der Waals surface area contributed by atoms with Crippen molar-refractivity contribution in [3.8, 4) is 5.69 Å². The molecule has 2 atom stereocenters. The number of carbonyl (C=O) groups is 1. The van der Waals surface area contributed by atoms with Crippen molar-refractivity contribution in [2.45, 2.75) is 13.1 Å². The van der Waals surface area contributed by atoms with Gasteiger partial charge in [0.1, 0.15) is 12.7 Å². The van der Waals surface area contributed by atoms with Gasteiger partial charge in [0.2, 0.25) is 5.78 Å². The maximum atomic E-state index is 12.2. The quantitative estimate of drug-likeness (QED) is 0.874. The van der Waals surface area contributed by atoms with Gasteiger partial charge >= 0.3 is 0 Å². The first-order valence-corrected chi connectivity index (χ1v) is 8.60. The summed E-state index contributed by atoms with van der Waals surface area (Å²) >= 11 is 6.29. The number of aliphatic imine (C=N–C) groups is 1. The lowest BCUT2D eigenvalue weighted by Gasteiger charge is -2.20. The van der Waals surface area contributed by atoms with Crippen LogP contribution in [0.5, 0.6) is 0 Å². The Morgan fingerprint density at radius 1 is 1.41 bits per heavy atom. The molecule has 114 valence electrons. The van der Waals surface area contributed by atoms with Crippen LogP contribution in [-0.4, -0.2) is 43.4 Å². The third kappa shape index (κ3) is 2.82. The number of carbonyl (C=O) groups excluding carboxylic acids is 1. The fourth-order valence-corrected chi connectivity index (χ4v) is 3.13. The Morgan fingerprint density at radius 2 is 2.23 bits per heavy atom. The van der Waals surface area contributed by atoms with Gasteiger partial charge in [-0.15, -0.1) is 10.5 Å². The highest BCUT2D eigenvalue weighted by Crippen LogP contribution is 2.26. The van der Waals surface area contributed by atoms with Crippen molar-refractivity contribution in [2.75, 3.05) is 11.6 Å². The highest BCUT2D eigenvalue weighted by atomic mass is 35.5. The number of nitrogens with one attached hydrogen (secondary N) is 1. The number of nitrogens with zero attached hydrogens (tertiary/aromatic N) is 4. The van der Waals surface area contributed by atoms with Crippen molar-refractivity contribution in [1.82, 2.24) is 14.8 Å². The van der Waals surface area contributed by atoms with Gasteiger partial charge in [-0.25, -0.2) is 9.67 Å². The van der Waals surface area contributed by atoms with E-state index >= 15 is 0 Å². The minimum Gasteiger partial charge on any atom is -0.356 e. The summed E-state index contributed by atoms with van der Waals surface area (Å²) in [6, 6.07) is 5.41. The number of hydrogen-bond acceptors (Lipinski definition) is 5. The second kappa shape index (κ2) is 6.02. The second-order valence-electron chi connectivity index (χ2n) is 4.78. The molecule has 0 saturated heterocycles. The summed E-state index contributed by atoms with van der Waals surface area (Å²) in [6.07, 6.45) is 4.41. The highest BCUT2D eigenvalue weighted by Gasteiger charge is 2.23. The summed E-state index contributed by atoms with van der Waals surface area (Å²) < 4.78 is 1.61. The van der Waals surface area contributed by atoms with Gasteiger partial charge in [0, 0.05) is 4.86 Å². The molecule has 3 rings (SSSR count). The Morgan fingerprint density at radius 3 is 2.91 bits per heavy atom. The smallest absolute Gasteiger partial charge is 0.208 e. The number of anilines is 1. The van der Waals surface area contributed by atoms with Crippen LogP contribution in [0.2, 0.25) is 5.02 Å². The van der Waals surface area contributed by atoms with Crippen LogP contribution < -0.4 is 5.32 Å². The van der Waals surface area contributed by atoms with Crippen molar-refractivity contribution in [1.29, 1.82) is 0 Å². The third-order valence-electron chi connectivity index (χ3n) is 3.37. The number of rotatable bonds is 3. The minimum absolute atomic E-state index is 0.00440. The summed E-state index contributed by atoms with van der Waals surface area (Å²) in [6.45, 7) is 1.85. The fourth-order valence-electron chi connectivity index (χ4n) is 2.01. The Labute approximate surface area is 135 Å². The molecule has 2 aromatic rings. The average molecular weight is 336 g/mol. The molecular weight excluding hydrogens is 322 g/mol. The highest BCUT2D eigenvalue weighted by molar-refractivity contribution is 8.27. The first-order chi connectivity index (χ1) is 10.6. The van der Waals surface area contributed by atoms with Gasteiger partial charge in [-0.05, 0) is 31.4 Å². The summed E-state index contributed by atoms with van der Waals surface area (Å²) in [4.78, 5) is 21.2. The van der Waals surface area contributed by atoms with E-state index in [9.17, 15) is 4.79 Å². The Kier molecular flexibility index (Phi) is 4.08. The maximum absolute atomic E-state index is 12.2. The minimum atomic E-state index is -0.613. The van der Waals surface area contributed by atoms with E-state index in [-0.39, 0.29) is 16.3 Å². The van der Waals surface area contributed by atoms with E-state index in [0.29, 0.717) is 10.7 Å². The zero-order valence-electron chi connectivity index (χ0n) is 12.0. The number of halogens is 1. The lowest BCUT2D eigenvalue weighted by Crippen LogP contribution is -2.34. The predicted octanol–water partition coefficient (Wildman–Crippen LogP) is 2.36. The van der Waals surface area contributed by atoms with Gasteiger partial charge in [-0.1, -0.05) is 11.6 Å². The Balaban J connectivity index is 1.82. The van der Waals surface area contributed by atoms with Crippen molar-refractivity contribution in [2.24, 2.45) is 4.99 Å². The van der Waals surface area contributed by atoms with Crippen LogP contribution in [0, 0.1) is 0 Å².